The van der Waals surface area contributed by atoms with Gasteiger partial charge in [0.1, 0.15) is 12.4 Å². The van der Waals surface area contributed by atoms with Crippen LogP contribution in [-0.2, 0) is 9.47 Å². The van der Waals surface area contributed by atoms with Gasteiger partial charge in [0.15, 0.2) is 5.79 Å². The Balaban J connectivity index is 2.97. The Morgan fingerprint density at radius 2 is 2.12 bits per heavy atom. The molecule has 1 fully saturated rings. The van der Waals surface area contributed by atoms with Crippen molar-refractivity contribution in [3.63, 3.8) is 0 Å². The lowest BCUT2D eigenvalue weighted by molar-refractivity contribution is -0.102. The highest BCUT2D eigenvalue weighted by Gasteiger charge is 2.59. The number of ether oxygens (including phenoxy) is 2. The van der Waals surface area contributed by atoms with E-state index in [2.05, 4.69) is 30.6 Å². The van der Waals surface area contributed by atoms with Gasteiger partial charge in [0.25, 0.3) is 0 Å². The van der Waals surface area contributed by atoms with Gasteiger partial charge in [-0.2, -0.15) is 0 Å². The number of methoxy groups -OCH3 is 1. The minimum absolute atomic E-state index is 0.106. The third-order valence-corrected chi connectivity index (χ3v) is 4.21. The Hall–Kier alpha value is -1.91. The summed E-state index contributed by atoms with van der Waals surface area (Å²) in [5.41, 5.74) is 2.53. The monoisotopic (exact) mass is 345 g/mol. The van der Waals surface area contributed by atoms with Gasteiger partial charge in [-0.25, -0.2) is 0 Å². The van der Waals surface area contributed by atoms with Crippen LogP contribution in [0, 0.1) is 5.92 Å². The molecule has 1 aliphatic rings. The summed E-state index contributed by atoms with van der Waals surface area (Å²) in [5, 5.41) is 10.4. The van der Waals surface area contributed by atoms with Crippen LogP contribution < -0.4 is 0 Å². The highest BCUT2D eigenvalue weighted by molar-refractivity contribution is 5.61. The first-order chi connectivity index (χ1) is 11.9. The zero-order valence-electron chi connectivity index (χ0n) is 16.1. The van der Waals surface area contributed by atoms with E-state index in [9.17, 15) is 5.11 Å². The molecule has 25 heavy (non-hydrogen) atoms. The average molecular weight is 345 g/mol. The molecule has 0 aromatic rings. The summed E-state index contributed by atoms with van der Waals surface area (Å²) in [7, 11) is 1.50. The highest BCUT2D eigenvalue weighted by atomic mass is 16.6. The van der Waals surface area contributed by atoms with E-state index in [0.29, 0.717) is 12.4 Å². The summed E-state index contributed by atoms with van der Waals surface area (Å²) in [6.45, 7) is 12.0. The minimum Gasteiger partial charge on any atom is -0.489 e. The van der Waals surface area contributed by atoms with Crippen molar-refractivity contribution < 1.29 is 14.6 Å². The van der Waals surface area contributed by atoms with E-state index in [1.165, 1.54) is 7.11 Å². The smallest absolute Gasteiger partial charge is 0.199 e. The molecule has 0 amide bonds. The van der Waals surface area contributed by atoms with Crippen molar-refractivity contribution >= 4 is 6.21 Å². The van der Waals surface area contributed by atoms with Crippen LogP contribution in [0.2, 0.25) is 0 Å². The Morgan fingerprint density at radius 3 is 2.64 bits per heavy atom. The Kier molecular flexibility index (Phi) is 8.59. The first-order valence-corrected chi connectivity index (χ1v) is 8.72. The largest absolute Gasteiger partial charge is 0.489 e. The zero-order chi connectivity index (χ0) is 18.9. The number of aliphatic hydroxyl groups is 1. The topological polar surface area (TPSA) is 51.0 Å². The molecule has 0 aromatic heterocycles. The molecule has 0 aromatic carbocycles. The van der Waals surface area contributed by atoms with E-state index < -0.39 is 5.79 Å². The van der Waals surface area contributed by atoms with Crippen LogP contribution in [0.15, 0.2) is 64.6 Å². The van der Waals surface area contributed by atoms with Gasteiger partial charge >= 0.3 is 0 Å². The molecular formula is C21H31NO3. The van der Waals surface area contributed by atoms with E-state index >= 15 is 0 Å². The second-order valence-electron chi connectivity index (χ2n) is 5.97. The highest BCUT2D eigenvalue weighted by Crippen LogP contribution is 2.52. The maximum Gasteiger partial charge on any atom is 0.199 e. The molecule has 138 valence electrons. The van der Waals surface area contributed by atoms with Crippen molar-refractivity contribution in [2.24, 2.45) is 10.9 Å². The zero-order valence-corrected chi connectivity index (χ0v) is 16.1. The molecule has 0 bridgehead atoms. The lowest BCUT2D eigenvalue weighted by atomic mass is 10.2. The van der Waals surface area contributed by atoms with Gasteiger partial charge in [-0.15, -0.1) is 0 Å². The van der Waals surface area contributed by atoms with Crippen LogP contribution >= 0.6 is 0 Å². The van der Waals surface area contributed by atoms with E-state index in [0.717, 1.165) is 29.7 Å². The van der Waals surface area contributed by atoms with E-state index in [1.54, 1.807) is 6.08 Å². The molecular weight excluding hydrogens is 314 g/mol. The van der Waals surface area contributed by atoms with Gasteiger partial charge < -0.3 is 14.6 Å². The number of rotatable bonds is 10. The maximum atomic E-state index is 10.4. The molecule has 1 saturated carbocycles. The molecule has 4 heteroatoms. The minimum atomic E-state index is -1.25. The van der Waals surface area contributed by atoms with Crippen LogP contribution in [0.4, 0.5) is 0 Å². The third-order valence-electron chi connectivity index (χ3n) is 4.21. The van der Waals surface area contributed by atoms with Crippen LogP contribution in [0.1, 0.15) is 40.5 Å². The van der Waals surface area contributed by atoms with Crippen LogP contribution in [0.3, 0.4) is 0 Å². The quantitative estimate of drug-likeness (QED) is 0.205. The summed E-state index contributed by atoms with van der Waals surface area (Å²) in [6.07, 6.45) is 13.4. The normalized spacial score (nSPS) is 26.4. The van der Waals surface area contributed by atoms with E-state index in [4.69, 9.17) is 9.47 Å². The van der Waals surface area contributed by atoms with Gasteiger partial charge in [0.05, 0.1) is 0 Å². The number of hydrogen-bond acceptors (Lipinski definition) is 4. The van der Waals surface area contributed by atoms with Crippen molar-refractivity contribution in [2.45, 2.75) is 46.3 Å². The molecule has 1 aliphatic carbocycles. The predicted octanol–water partition coefficient (Wildman–Crippen LogP) is 4.71. The molecule has 0 spiro atoms. The summed E-state index contributed by atoms with van der Waals surface area (Å²) < 4.78 is 11.2. The van der Waals surface area contributed by atoms with Gasteiger partial charge in [-0.1, -0.05) is 44.7 Å². The van der Waals surface area contributed by atoms with Crippen molar-refractivity contribution in [1.82, 2.24) is 0 Å². The Bertz CT molecular complexity index is 611. The number of nitrogens with zero attached hydrogens (tertiary/aromatic N) is 1. The molecule has 0 saturated heterocycles. The summed E-state index contributed by atoms with van der Waals surface area (Å²) >= 11 is 0. The number of hydrogen-bond donors (Lipinski definition) is 1. The lowest BCUT2D eigenvalue weighted by Gasteiger charge is -2.10. The first kappa shape index (κ1) is 21.1. The van der Waals surface area contributed by atoms with Gasteiger partial charge in [0, 0.05) is 43.0 Å². The molecule has 0 heterocycles. The maximum absolute atomic E-state index is 10.4. The fourth-order valence-electron chi connectivity index (χ4n) is 2.48. The van der Waals surface area contributed by atoms with E-state index in [-0.39, 0.29) is 5.92 Å². The standard InChI is InChI=1S/C21H31NO3/c1-7-10-11-12-13-22-16(4)14-19(25-15-18(8-2)9-3)20-17(5)21(20,23)24-6/h8-11,13-14,17,23H,2,7,12,15H2,1,3-6H3/b11-10-,16-14+,18-9+,20-19+,22-13-/t17-,21?/m0/s1. The Morgan fingerprint density at radius 1 is 1.40 bits per heavy atom. The summed E-state index contributed by atoms with van der Waals surface area (Å²) in [5.74, 6) is -0.744. The van der Waals surface area contributed by atoms with Crippen LogP contribution in [-0.4, -0.2) is 30.8 Å². The fraction of sp³-hybridized carbons (Fsp3) is 0.476. The second-order valence-corrected chi connectivity index (χ2v) is 5.97. The molecule has 0 aliphatic heterocycles. The molecule has 2 atom stereocenters. The molecule has 1 rings (SSSR count). The van der Waals surface area contributed by atoms with Gasteiger partial charge in [-0.05, 0) is 25.8 Å². The lowest BCUT2D eigenvalue weighted by Crippen LogP contribution is -2.13. The number of allylic oxidation sites excluding steroid dienone is 5. The van der Waals surface area contributed by atoms with Gasteiger partial charge in [0.2, 0.25) is 0 Å². The molecule has 4 nitrogen and oxygen atoms in total. The third kappa shape index (κ3) is 5.83. The van der Waals surface area contributed by atoms with Crippen molar-refractivity contribution in [3.05, 3.63) is 59.6 Å². The van der Waals surface area contributed by atoms with Gasteiger partial charge in [-0.3, -0.25) is 4.99 Å². The van der Waals surface area contributed by atoms with Crippen molar-refractivity contribution in [1.29, 1.82) is 0 Å². The summed E-state index contributed by atoms with van der Waals surface area (Å²) in [6, 6.07) is 0. The van der Waals surface area contributed by atoms with Crippen LogP contribution in [0.25, 0.3) is 0 Å². The molecule has 0 radical (unpaired) electrons. The fourth-order valence-corrected chi connectivity index (χ4v) is 2.48. The second kappa shape index (κ2) is 10.2. The molecule has 1 N–H and O–H groups in total. The first-order valence-electron chi connectivity index (χ1n) is 8.72. The Labute approximate surface area is 152 Å². The predicted molar refractivity (Wildman–Crippen MR) is 104 cm³/mol. The average Bonchev–Trinajstić information content (AvgIpc) is 3.16. The molecule has 1 unspecified atom stereocenters. The number of aliphatic imine (C=N–C) groups is 1. The van der Waals surface area contributed by atoms with Crippen molar-refractivity contribution in [3.8, 4) is 0 Å². The SMILES string of the molecule is C=C/C(=C\C)COC(/C=C(C)/N=C\C/C=C\CC)=C1\[C@H](C)C1(O)OC. The summed E-state index contributed by atoms with van der Waals surface area (Å²) in [4.78, 5) is 4.43. The van der Waals surface area contributed by atoms with Crippen molar-refractivity contribution in [2.75, 3.05) is 13.7 Å². The van der Waals surface area contributed by atoms with Crippen LogP contribution in [0.5, 0.6) is 0 Å². The van der Waals surface area contributed by atoms with E-state index in [1.807, 2.05) is 39.1 Å².